The smallest absolute Gasteiger partial charge is 0.130 e. The van der Waals surface area contributed by atoms with Gasteiger partial charge in [-0.1, -0.05) is 24.3 Å². The van der Waals surface area contributed by atoms with E-state index in [1.165, 1.54) is 0 Å². The summed E-state index contributed by atoms with van der Waals surface area (Å²) in [5.41, 5.74) is 8.73. The van der Waals surface area contributed by atoms with Crippen molar-refractivity contribution in [2.24, 2.45) is 5.73 Å². The molecule has 0 atom stereocenters. The van der Waals surface area contributed by atoms with Crippen LogP contribution in [0.15, 0.2) is 36.5 Å². The number of H-pyrrole nitrogens is 1. The monoisotopic (exact) mass is 325 g/mol. The third kappa shape index (κ3) is 4.31. The van der Waals surface area contributed by atoms with Crippen molar-refractivity contribution < 1.29 is 4.74 Å². The second kappa shape index (κ2) is 7.90. The number of aromatic amines is 1. The predicted octanol–water partition coefficient (Wildman–Crippen LogP) is 2.29. The SMILES string of the molecule is N=C(/C=C\c1ncc(-c2ccc(CN)cc2)[nH]1)NC1CCOCC1. The minimum atomic E-state index is 0.323. The van der Waals surface area contributed by atoms with Gasteiger partial charge in [0.15, 0.2) is 0 Å². The Kier molecular flexibility index (Phi) is 5.40. The molecule has 0 bridgehead atoms. The lowest BCUT2D eigenvalue weighted by Crippen LogP contribution is -2.37. The number of imidazole rings is 1. The number of rotatable bonds is 5. The molecule has 1 aliphatic heterocycles. The van der Waals surface area contributed by atoms with E-state index in [1.54, 1.807) is 12.3 Å². The van der Waals surface area contributed by atoms with E-state index >= 15 is 0 Å². The van der Waals surface area contributed by atoms with Crippen LogP contribution in [0.2, 0.25) is 0 Å². The molecule has 1 saturated heterocycles. The number of aromatic nitrogens is 2. The first-order valence-electron chi connectivity index (χ1n) is 8.20. The molecule has 1 aromatic carbocycles. The second-order valence-electron chi connectivity index (χ2n) is 5.86. The molecule has 1 fully saturated rings. The molecular weight excluding hydrogens is 302 g/mol. The van der Waals surface area contributed by atoms with Crippen LogP contribution < -0.4 is 11.1 Å². The highest BCUT2D eigenvalue weighted by Gasteiger charge is 2.13. The molecular formula is C18H23N5O. The Labute approximate surface area is 141 Å². The van der Waals surface area contributed by atoms with E-state index in [-0.39, 0.29) is 0 Å². The molecule has 0 aliphatic carbocycles. The van der Waals surface area contributed by atoms with Crippen molar-refractivity contribution in [2.45, 2.75) is 25.4 Å². The van der Waals surface area contributed by atoms with Crippen molar-refractivity contribution in [3.05, 3.63) is 47.9 Å². The summed E-state index contributed by atoms with van der Waals surface area (Å²) in [5.74, 6) is 1.12. The van der Waals surface area contributed by atoms with Gasteiger partial charge >= 0.3 is 0 Å². The van der Waals surface area contributed by atoms with Gasteiger partial charge in [0.25, 0.3) is 0 Å². The van der Waals surface area contributed by atoms with Gasteiger partial charge in [0.1, 0.15) is 11.7 Å². The standard InChI is InChI=1S/C18H23N5O/c19-11-13-1-3-14(4-2-13)16-12-21-18(23-16)6-5-17(20)22-15-7-9-24-10-8-15/h1-6,12,15H,7-11,19H2,(H2,20,22)(H,21,23)/b6-5-. The molecule has 2 heterocycles. The van der Waals surface area contributed by atoms with Crippen molar-refractivity contribution in [1.82, 2.24) is 15.3 Å². The van der Waals surface area contributed by atoms with Crippen molar-refractivity contribution in [3.63, 3.8) is 0 Å². The Hall–Kier alpha value is -2.44. The summed E-state index contributed by atoms with van der Waals surface area (Å²) in [6.07, 6.45) is 7.23. The van der Waals surface area contributed by atoms with Crippen LogP contribution in [0.5, 0.6) is 0 Å². The van der Waals surface area contributed by atoms with E-state index in [0.29, 0.717) is 18.4 Å². The molecule has 5 N–H and O–H groups in total. The van der Waals surface area contributed by atoms with Gasteiger partial charge in [0.2, 0.25) is 0 Å². The molecule has 0 spiro atoms. The fourth-order valence-corrected chi connectivity index (χ4v) is 2.66. The van der Waals surface area contributed by atoms with Crippen molar-refractivity contribution in [1.29, 1.82) is 5.41 Å². The van der Waals surface area contributed by atoms with E-state index in [1.807, 2.05) is 30.3 Å². The van der Waals surface area contributed by atoms with Gasteiger partial charge in [-0.25, -0.2) is 4.98 Å². The van der Waals surface area contributed by atoms with Crippen LogP contribution in [0.3, 0.4) is 0 Å². The van der Waals surface area contributed by atoms with Crippen LogP contribution in [0.4, 0.5) is 0 Å². The van der Waals surface area contributed by atoms with Gasteiger partial charge in [-0.2, -0.15) is 0 Å². The van der Waals surface area contributed by atoms with Crippen LogP contribution in [-0.2, 0) is 11.3 Å². The zero-order valence-electron chi connectivity index (χ0n) is 13.6. The molecule has 126 valence electrons. The first-order chi connectivity index (χ1) is 11.7. The van der Waals surface area contributed by atoms with E-state index < -0.39 is 0 Å². The summed E-state index contributed by atoms with van der Waals surface area (Å²) in [6.45, 7) is 2.07. The quantitative estimate of drug-likeness (QED) is 0.500. The average Bonchev–Trinajstić information content (AvgIpc) is 3.10. The highest BCUT2D eigenvalue weighted by Crippen LogP contribution is 2.18. The molecule has 0 amide bonds. The topological polar surface area (TPSA) is 99.8 Å². The zero-order chi connectivity index (χ0) is 16.8. The maximum atomic E-state index is 8.00. The number of benzene rings is 1. The molecule has 0 saturated carbocycles. The van der Waals surface area contributed by atoms with Crippen LogP contribution in [0.1, 0.15) is 24.2 Å². The molecule has 0 radical (unpaired) electrons. The fourth-order valence-electron chi connectivity index (χ4n) is 2.66. The van der Waals surface area contributed by atoms with Crippen LogP contribution in [0, 0.1) is 5.41 Å². The van der Waals surface area contributed by atoms with Gasteiger partial charge in [-0.15, -0.1) is 0 Å². The summed E-state index contributed by atoms with van der Waals surface area (Å²) < 4.78 is 5.32. The van der Waals surface area contributed by atoms with Gasteiger partial charge in [0, 0.05) is 25.8 Å². The minimum Gasteiger partial charge on any atom is -0.381 e. The van der Waals surface area contributed by atoms with E-state index in [4.69, 9.17) is 15.9 Å². The van der Waals surface area contributed by atoms with Gasteiger partial charge in [0.05, 0.1) is 11.9 Å². The van der Waals surface area contributed by atoms with Gasteiger partial charge < -0.3 is 20.8 Å². The Morgan fingerprint density at radius 3 is 2.79 bits per heavy atom. The average molecular weight is 325 g/mol. The molecule has 1 aromatic heterocycles. The number of nitrogens with two attached hydrogens (primary N) is 1. The number of hydrogen-bond acceptors (Lipinski definition) is 4. The first kappa shape index (κ1) is 16.4. The minimum absolute atomic E-state index is 0.323. The lowest BCUT2D eigenvalue weighted by atomic mass is 10.1. The molecule has 24 heavy (non-hydrogen) atoms. The molecule has 0 unspecified atom stereocenters. The second-order valence-corrected chi connectivity index (χ2v) is 5.86. The third-order valence-corrected chi connectivity index (χ3v) is 4.08. The maximum absolute atomic E-state index is 8.00. The molecule has 6 nitrogen and oxygen atoms in total. The van der Waals surface area contributed by atoms with Gasteiger partial charge in [-0.3, -0.25) is 5.41 Å². The summed E-state index contributed by atoms with van der Waals surface area (Å²) in [7, 11) is 0. The number of ether oxygens (including phenoxy) is 1. The maximum Gasteiger partial charge on any atom is 0.130 e. The van der Waals surface area contributed by atoms with Crippen molar-refractivity contribution in [2.75, 3.05) is 13.2 Å². The first-order valence-corrected chi connectivity index (χ1v) is 8.20. The van der Waals surface area contributed by atoms with E-state index in [9.17, 15) is 0 Å². The summed E-state index contributed by atoms with van der Waals surface area (Å²) in [5, 5.41) is 11.2. The van der Waals surface area contributed by atoms with Crippen molar-refractivity contribution in [3.8, 4) is 11.3 Å². The number of hydrogen-bond donors (Lipinski definition) is 4. The fraction of sp³-hybridized carbons (Fsp3) is 0.333. The summed E-state index contributed by atoms with van der Waals surface area (Å²) in [4.78, 5) is 7.59. The molecule has 6 heteroatoms. The van der Waals surface area contributed by atoms with Crippen LogP contribution in [-0.4, -0.2) is 35.1 Å². The Balaban J connectivity index is 1.59. The van der Waals surface area contributed by atoms with Crippen molar-refractivity contribution >= 4 is 11.9 Å². The number of nitrogens with zero attached hydrogens (tertiary/aromatic N) is 1. The number of amidine groups is 1. The van der Waals surface area contributed by atoms with Gasteiger partial charge in [-0.05, 0) is 36.1 Å². The van der Waals surface area contributed by atoms with Crippen LogP contribution in [0.25, 0.3) is 17.3 Å². The highest BCUT2D eigenvalue weighted by molar-refractivity contribution is 5.93. The third-order valence-electron chi connectivity index (χ3n) is 4.08. The van der Waals surface area contributed by atoms with E-state index in [0.717, 1.165) is 48.7 Å². The predicted molar refractivity (Wildman–Crippen MR) is 95.7 cm³/mol. The Morgan fingerprint density at radius 1 is 1.33 bits per heavy atom. The van der Waals surface area contributed by atoms with E-state index in [2.05, 4.69) is 15.3 Å². The van der Waals surface area contributed by atoms with Crippen LogP contribution >= 0.6 is 0 Å². The Morgan fingerprint density at radius 2 is 2.08 bits per heavy atom. The number of nitrogens with one attached hydrogen (secondary N) is 3. The molecule has 3 rings (SSSR count). The highest BCUT2D eigenvalue weighted by atomic mass is 16.5. The normalized spacial score (nSPS) is 15.7. The molecule has 1 aliphatic rings. The lowest BCUT2D eigenvalue weighted by Gasteiger charge is -2.23. The molecule has 2 aromatic rings. The lowest BCUT2D eigenvalue weighted by molar-refractivity contribution is 0.0825. The zero-order valence-corrected chi connectivity index (χ0v) is 13.6. The largest absolute Gasteiger partial charge is 0.381 e. The summed E-state index contributed by atoms with van der Waals surface area (Å²) in [6, 6.07) is 8.40. The summed E-state index contributed by atoms with van der Waals surface area (Å²) >= 11 is 0. The Bertz CT molecular complexity index is 698.